The monoisotopic (exact) mass is 506 g/mol. The predicted molar refractivity (Wildman–Crippen MR) is 153 cm³/mol. The maximum atomic E-state index is 11.6. The maximum Gasteiger partial charge on any atom is 0.322 e. The summed E-state index contributed by atoms with van der Waals surface area (Å²) in [4.78, 5) is 22.7. The van der Waals surface area contributed by atoms with Gasteiger partial charge in [-0.1, -0.05) is 101 Å². The molecule has 7 heteroatoms. The minimum atomic E-state index is -0.655. The largest absolute Gasteiger partial charge is 0.380 e. The van der Waals surface area contributed by atoms with E-state index in [4.69, 9.17) is 10.3 Å². The molecular formula is C30H42N4O3. The molecule has 1 atom stereocenters. The number of hydrogen-bond acceptors (Lipinski definition) is 5. The van der Waals surface area contributed by atoms with Crippen LogP contribution in [-0.4, -0.2) is 17.1 Å². The highest BCUT2D eigenvalue weighted by molar-refractivity contribution is 6.04. The van der Waals surface area contributed by atoms with Crippen molar-refractivity contribution in [3.63, 3.8) is 0 Å². The van der Waals surface area contributed by atoms with Crippen LogP contribution in [0.5, 0.6) is 0 Å². The molecule has 1 unspecified atom stereocenters. The van der Waals surface area contributed by atoms with E-state index in [9.17, 15) is 9.59 Å². The minimum Gasteiger partial charge on any atom is -0.380 e. The van der Waals surface area contributed by atoms with Gasteiger partial charge in [0.25, 0.3) is 5.91 Å². The lowest BCUT2D eigenvalue weighted by molar-refractivity contribution is -0.120. The van der Waals surface area contributed by atoms with Crippen LogP contribution in [-0.2, 0) is 17.6 Å². The standard InChI is InChI=1S/C13H12N4O3.C13H18.2C2H6/c1-6-9(11(14)17-20-6)7-2-4-8(5-3-7)10-12(18)16-13(19)15-10;1-5-11-7-8-12(6-2)13(9-11)10(3)4;2*1-2/h2-5,10H,1H3,(H2,14,17)(H2,15,16,18,19);7-9H,3,5-6H2,1-2,4H3;2*1-2H3. The molecule has 200 valence electrons. The number of rotatable bonds is 5. The van der Waals surface area contributed by atoms with Crippen molar-refractivity contribution in [2.24, 2.45) is 0 Å². The van der Waals surface area contributed by atoms with E-state index in [1.165, 1.54) is 22.3 Å². The van der Waals surface area contributed by atoms with Crippen LogP contribution < -0.4 is 16.4 Å². The van der Waals surface area contributed by atoms with Gasteiger partial charge in [-0.2, -0.15) is 0 Å². The fourth-order valence-corrected chi connectivity index (χ4v) is 3.78. The Labute approximate surface area is 221 Å². The molecule has 3 aromatic rings. The quantitative estimate of drug-likeness (QED) is 0.322. The van der Waals surface area contributed by atoms with Crippen LogP contribution in [0.4, 0.5) is 10.6 Å². The van der Waals surface area contributed by atoms with Crippen LogP contribution in [0, 0.1) is 6.92 Å². The number of anilines is 1. The Morgan fingerprint density at radius 2 is 1.65 bits per heavy atom. The number of carbonyl (C=O) groups is 2. The molecule has 1 saturated heterocycles. The molecule has 0 spiro atoms. The molecule has 1 aliphatic heterocycles. The van der Waals surface area contributed by atoms with Gasteiger partial charge in [0.2, 0.25) is 0 Å². The Balaban J connectivity index is 0.000000350. The Kier molecular flexibility index (Phi) is 12.9. The summed E-state index contributed by atoms with van der Waals surface area (Å²) in [5.74, 6) is 0.591. The number of allylic oxidation sites excluding steroid dienone is 1. The summed E-state index contributed by atoms with van der Waals surface area (Å²) in [6.45, 7) is 20.2. The summed E-state index contributed by atoms with van der Waals surface area (Å²) in [6, 6.07) is 12.7. The molecule has 1 aromatic heterocycles. The summed E-state index contributed by atoms with van der Waals surface area (Å²) >= 11 is 0. The second-order valence-electron chi connectivity index (χ2n) is 8.00. The van der Waals surface area contributed by atoms with Crippen molar-refractivity contribution < 1.29 is 14.1 Å². The number of aryl methyl sites for hydroxylation is 3. The van der Waals surface area contributed by atoms with Crippen molar-refractivity contribution in [3.8, 4) is 11.1 Å². The predicted octanol–water partition coefficient (Wildman–Crippen LogP) is 7.01. The van der Waals surface area contributed by atoms with Crippen molar-refractivity contribution in [2.75, 3.05) is 5.73 Å². The third-order valence-corrected chi connectivity index (χ3v) is 5.62. The number of nitrogens with one attached hydrogen (secondary N) is 2. The molecular weight excluding hydrogens is 464 g/mol. The summed E-state index contributed by atoms with van der Waals surface area (Å²) in [5, 5.41) is 8.43. The average molecular weight is 507 g/mol. The fourth-order valence-electron chi connectivity index (χ4n) is 3.78. The van der Waals surface area contributed by atoms with E-state index in [1.54, 1.807) is 19.1 Å². The molecule has 2 heterocycles. The van der Waals surface area contributed by atoms with E-state index < -0.39 is 12.1 Å². The van der Waals surface area contributed by atoms with Crippen LogP contribution in [0.1, 0.15) is 82.5 Å². The van der Waals surface area contributed by atoms with E-state index >= 15 is 0 Å². The number of nitrogens with zero attached hydrogens (tertiary/aromatic N) is 1. The number of benzene rings is 2. The number of nitrogens with two attached hydrogens (primary N) is 1. The van der Waals surface area contributed by atoms with Crippen molar-refractivity contribution >= 4 is 23.3 Å². The molecule has 7 nitrogen and oxygen atoms in total. The molecule has 1 aliphatic rings. The summed E-state index contributed by atoms with van der Waals surface area (Å²) in [6.07, 6.45) is 2.19. The molecule has 0 aliphatic carbocycles. The number of imide groups is 1. The van der Waals surface area contributed by atoms with E-state index in [0.717, 1.165) is 24.0 Å². The Morgan fingerprint density at radius 3 is 2.08 bits per heavy atom. The minimum absolute atomic E-state index is 0.321. The number of aromatic nitrogens is 1. The highest BCUT2D eigenvalue weighted by Crippen LogP contribution is 2.30. The number of nitrogen functional groups attached to an aromatic ring is 1. The second-order valence-corrected chi connectivity index (χ2v) is 8.00. The molecule has 37 heavy (non-hydrogen) atoms. The summed E-state index contributed by atoms with van der Waals surface area (Å²) in [5.41, 5.74) is 13.3. The first-order valence-corrected chi connectivity index (χ1v) is 13.0. The molecule has 1 fully saturated rings. The van der Waals surface area contributed by atoms with E-state index in [1.807, 2.05) is 39.8 Å². The molecule has 4 rings (SSSR count). The van der Waals surface area contributed by atoms with Gasteiger partial charge in [-0.05, 0) is 54.5 Å². The number of amides is 3. The third-order valence-electron chi connectivity index (χ3n) is 5.62. The van der Waals surface area contributed by atoms with Gasteiger partial charge in [-0.15, -0.1) is 0 Å². The molecule has 0 bridgehead atoms. The van der Waals surface area contributed by atoms with Gasteiger partial charge in [0, 0.05) is 0 Å². The SMILES string of the molecule is C=C(C)c1cc(CC)ccc1CC.CC.CC.Cc1onc(N)c1-c1ccc(C2NC(=O)NC2=O)cc1. The Bertz CT molecular complexity index is 1160. The Hall–Kier alpha value is -3.87. The second kappa shape index (κ2) is 15.3. The van der Waals surface area contributed by atoms with Gasteiger partial charge < -0.3 is 15.6 Å². The fraction of sp³-hybridized carbons (Fsp3) is 0.367. The first-order valence-electron chi connectivity index (χ1n) is 13.0. The zero-order chi connectivity index (χ0) is 28.1. The van der Waals surface area contributed by atoms with Gasteiger partial charge in [-0.3, -0.25) is 10.1 Å². The van der Waals surface area contributed by atoms with Crippen molar-refractivity contribution in [1.29, 1.82) is 0 Å². The smallest absolute Gasteiger partial charge is 0.322 e. The van der Waals surface area contributed by atoms with Crippen molar-refractivity contribution in [3.05, 3.63) is 77.1 Å². The van der Waals surface area contributed by atoms with Gasteiger partial charge >= 0.3 is 6.03 Å². The molecule has 4 N–H and O–H groups in total. The van der Waals surface area contributed by atoms with E-state index in [2.05, 4.69) is 61.3 Å². The lowest BCUT2D eigenvalue weighted by atomic mass is 9.97. The Morgan fingerprint density at radius 1 is 1.03 bits per heavy atom. The molecule has 2 aromatic carbocycles. The highest BCUT2D eigenvalue weighted by Gasteiger charge is 2.30. The number of urea groups is 1. The van der Waals surface area contributed by atoms with E-state index in [0.29, 0.717) is 17.1 Å². The zero-order valence-electron chi connectivity index (χ0n) is 23.5. The topological polar surface area (TPSA) is 110 Å². The van der Waals surface area contributed by atoms with Crippen LogP contribution in [0.2, 0.25) is 0 Å². The van der Waals surface area contributed by atoms with Crippen molar-refractivity contribution in [1.82, 2.24) is 15.8 Å². The van der Waals surface area contributed by atoms with Gasteiger partial charge in [-0.25, -0.2) is 4.79 Å². The maximum absolute atomic E-state index is 11.6. The first kappa shape index (κ1) is 31.2. The van der Waals surface area contributed by atoms with E-state index in [-0.39, 0.29) is 5.91 Å². The third kappa shape index (κ3) is 8.07. The van der Waals surface area contributed by atoms with Gasteiger partial charge in [0.1, 0.15) is 11.8 Å². The van der Waals surface area contributed by atoms with Crippen LogP contribution in [0.25, 0.3) is 16.7 Å². The highest BCUT2D eigenvalue weighted by atomic mass is 16.5. The van der Waals surface area contributed by atoms with Gasteiger partial charge in [0.15, 0.2) is 5.82 Å². The summed E-state index contributed by atoms with van der Waals surface area (Å²) in [7, 11) is 0. The van der Waals surface area contributed by atoms with Crippen LogP contribution in [0.15, 0.2) is 53.6 Å². The number of hydrogen-bond donors (Lipinski definition) is 3. The van der Waals surface area contributed by atoms with Gasteiger partial charge in [0.05, 0.1) is 5.56 Å². The molecule has 3 amide bonds. The normalized spacial score (nSPS) is 13.6. The van der Waals surface area contributed by atoms with Crippen LogP contribution >= 0.6 is 0 Å². The summed E-state index contributed by atoms with van der Waals surface area (Å²) < 4.78 is 5.01. The first-order chi connectivity index (χ1) is 17.7. The zero-order valence-corrected chi connectivity index (χ0v) is 23.5. The lowest BCUT2D eigenvalue weighted by Gasteiger charge is -2.09. The van der Waals surface area contributed by atoms with Crippen molar-refractivity contribution in [2.45, 2.75) is 74.3 Å². The molecule has 0 radical (unpaired) electrons. The molecule has 0 saturated carbocycles. The average Bonchev–Trinajstić information content (AvgIpc) is 3.45. The van der Waals surface area contributed by atoms with Crippen LogP contribution in [0.3, 0.4) is 0 Å². The lowest BCUT2D eigenvalue weighted by Crippen LogP contribution is -2.22. The number of carbonyl (C=O) groups excluding carboxylic acids is 2.